The number of amides is 2. The molecule has 5 nitrogen and oxygen atoms in total. The maximum atomic E-state index is 11.9. The molecule has 2 unspecified atom stereocenters. The fourth-order valence-corrected chi connectivity index (χ4v) is 2.65. The molecule has 1 heterocycles. The highest BCUT2D eigenvalue weighted by Gasteiger charge is 2.22. The summed E-state index contributed by atoms with van der Waals surface area (Å²) in [4.78, 5) is 25.5. The van der Waals surface area contributed by atoms with Gasteiger partial charge in [-0.1, -0.05) is 0 Å². The molecule has 1 aliphatic heterocycles. The lowest BCUT2D eigenvalue weighted by Crippen LogP contribution is -2.51. The summed E-state index contributed by atoms with van der Waals surface area (Å²) < 4.78 is 0. The van der Waals surface area contributed by atoms with Gasteiger partial charge in [0.25, 0.3) is 0 Å². The van der Waals surface area contributed by atoms with Gasteiger partial charge in [-0.25, -0.2) is 0 Å². The van der Waals surface area contributed by atoms with Gasteiger partial charge >= 0.3 is 0 Å². The average Bonchev–Trinajstić information content (AvgIpc) is 2.43. The van der Waals surface area contributed by atoms with Crippen LogP contribution >= 0.6 is 0 Å². The van der Waals surface area contributed by atoms with Crippen molar-refractivity contribution in [1.29, 1.82) is 0 Å². The molecule has 116 valence electrons. The molecule has 2 N–H and O–H groups in total. The van der Waals surface area contributed by atoms with E-state index in [0.29, 0.717) is 25.3 Å². The number of hydrogen-bond acceptors (Lipinski definition) is 3. The minimum absolute atomic E-state index is 0.0675. The van der Waals surface area contributed by atoms with Crippen LogP contribution in [0.15, 0.2) is 0 Å². The first-order valence-corrected chi connectivity index (χ1v) is 7.89. The summed E-state index contributed by atoms with van der Waals surface area (Å²) in [6.45, 7) is 8.58. The topological polar surface area (TPSA) is 61.4 Å². The van der Waals surface area contributed by atoms with E-state index < -0.39 is 0 Å². The maximum Gasteiger partial charge on any atom is 0.222 e. The summed E-state index contributed by atoms with van der Waals surface area (Å²) in [5, 5.41) is 6.44. The van der Waals surface area contributed by atoms with Crippen LogP contribution in [0.4, 0.5) is 0 Å². The summed E-state index contributed by atoms with van der Waals surface area (Å²) in [7, 11) is 0. The van der Waals surface area contributed by atoms with Crippen LogP contribution in [0, 0.1) is 0 Å². The molecule has 2 atom stereocenters. The summed E-state index contributed by atoms with van der Waals surface area (Å²) in [6.07, 6.45) is 3.69. The van der Waals surface area contributed by atoms with E-state index in [9.17, 15) is 9.59 Å². The second kappa shape index (κ2) is 8.95. The van der Waals surface area contributed by atoms with Gasteiger partial charge in [0.15, 0.2) is 0 Å². The van der Waals surface area contributed by atoms with E-state index in [0.717, 1.165) is 32.5 Å². The summed E-state index contributed by atoms with van der Waals surface area (Å²) >= 11 is 0. The molecule has 20 heavy (non-hydrogen) atoms. The van der Waals surface area contributed by atoms with Gasteiger partial charge in [0.2, 0.25) is 11.8 Å². The molecule has 1 rings (SSSR count). The Morgan fingerprint density at radius 2 is 1.95 bits per heavy atom. The van der Waals surface area contributed by atoms with Crippen molar-refractivity contribution in [1.82, 2.24) is 15.5 Å². The minimum atomic E-state index is 0.0675. The predicted molar refractivity (Wildman–Crippen MR) is 80.4 cm³/mol. The smallest absolute Gasteiger partial charge is 0.222 e. The Bertz CT molecular complexity index is 316. The fraction of sp³-hybridized carbons (Fsp3) is 0.867. The Balaban J connectivity index is 2.21. The molecule has 0 radical (unpaired) electrons. The number of nitrogens with one attached hydrogen (secondary N) is 2. The first-order valence-electron chi connectivity index (χ1n) is 7.89. The number of hydrogen-bond donors (Lipinski definition) is 2. The standard InChI is InChI=1S/C15H29N3O2/c1-4-18(5-2)15(20)10-6-9-14(19)17-13-8-7-11-16-12(13)3/h12-13,16H,4-11H2,1-3H3,(H,17,19). The van der Waals surface area contributed by atoms with Crippen molar-refractivity contribution in [2.75, 3.05) is 19.6 Å². The lowest BCUT2D eigenvalue weighted by molar-refractivity contribution is -0.131. The summed E-state index contributed by atoms with van der Waals surface area (Å²) in [6, 6.07) is 0.569. The molecule has 2 amide bonds. The van der Waals surface area contributed by atoms with E-state index in [2.05, 4.69) is 17.6 Å². The molecule has 0 aliphatic carbocycles. The summed E-state index contributed by atoms with van der Waals surface area (Å²) in [5.41, 5.74) is 0. The van der Waals surface area contributed by atoms with E-state index in [1.165, 1.54) is 0 Å². The normalized spacial score (nSPS) is 22.4. The van der Waals surface area contributed by atoms with Crippen molar-refractivity contribution in [3.63, 3.8) is 0 Å². The third kappa shape index (κ3) is 5.49. The molecule has 5 heteroatoms. The monoisotopic (exact) mass is 283 g/mol. The first kappa shape index (κ1) is 17.0. The Labute approximate surface area is 122 Å². The van der Waals surface area contributed by atoms with Crippen molar-refractivity contribution >= 4 is 11.8 Å². The van der Waals surface area contributed by atoms with Gasteiger partial charge in [-0.15, -0.1) is 0 Å². The number of piperidine rings is 1. The Morgan fingerprint density at radius 1 is 1.25 bits per heavy atom. The molecule has 0 bridgehead atoms. The highest BCUT2D eigenvalue weighted by Crippen LogP contribution is 2.09. The average molecular weight is 283 g/mol. The lowest BCUT2D eigenvalue weighted by atomic mass is 9.99. The third-order valence-corrected chi connectivity index (χ3v) is 4.02. The maximum absolute atomic E-state index is 11.9. The molecule has 0 saturated carbocycles. The highest BCUT2D eigenvalue weighted by molar-refractivity contribution is 5.79. The van der Waals surface area contributed by atoms with E-state index in [1.807, 2.05) is 18.7 Å². The molecular weight excluding hydrogens is 254 g/mol. The number of carbonyl (C=O) groups excluding carboxylic acids is 2. The van der Waals surface area contributed by atoms with Gasteiger partial charge in [0.05, 0.1) is 0 Å². The van der Waals surface area contributed by atoms with Crippen molar-refractivity contribution in [3.8, 4) is 0 Å². The van der Waals surface area contributed by atoms with Crippen LogP contribution in [0.3, 0.4) is 0 Å². The third-order valence-electron chi connectivity index (χ3n) is 4.02. The first-order chi connectivity index (χ1) is 9.58. The largest absolute Gasteiger partial charge is 0.352 e. The zero-order chi connectivity index (χ0) is 15.0. The molecule has 1 saturated heterocycles. The van der Waals surface area contributed by atoms with E-state index in [4.69, 9.17) is 0 Å². The number of carbonyl (C=O) groups is 2. The van der Waals surface area contributed by atoms with Crippen LogP contribution in [0.25, 0.3) is 0 Å². The van der Waals surface area contributed by atoms with Crippen LogP contribution in [-0.4, -0.2) is 48.4 Å². The SMILES string of the molecule is CCN(CC)C(=O)CCCC(=O)NC1CCCNC1C. The predicted octanol–water partition coefficient (Wildman–Crippen LogP) is 1.28. The molecule has 0 spiro atoms. The van der Waals surface area contributed by atoms with Crippen molar-refractivity contribution in [2.24, 2.45) is 0 Å². The zero-order valence-corrected chi connectivity index (χ0v) is 13.1. The minimum Gasteiger partial charge on any atom is -0.352 e. The van der Waals surface area contributed by atoms with Gasteiger partial charge in [0.1, 0.15) is 0 Å². The van der Waals surface area contributed by atoms with Crippen LogP contribution in [-0.2, 0) is 9.59 Å². The Morgan fingerprint density at radius 3 is 2.55 bits per heavy atom. The number of nitrogens with zero attached hydrogens (tertiary/aromatic N) is 1. The van der Waals surface area contributed by atoms with Gasteiger partial charge in [-0.2, -0.15) is 0 Å². The van der Waals surface area contributed by atoms with Crippen molar-refractivity contribution < 1.29 is 9.59 Å². The van der Waals surface area contributed by atoms with Gasteiger partial charge in [-0.05, 0) is 46.6 Å². The van der Waals surface area contributed by atoms with E-state index >= 15 is 0 Å². The fourth-order valence-electron chi connectivity index (χ4n) is 2.65. The van der Waals surface area contributed by atoms with Crippen LogP contribution in [0.2, 0.25) is 0 Å². The van der Waals surface area contributed by atoms with E-state index in [-0.39, 0.29) is 17.9 Å². The quantitative estimate of drug-likeness (QED) is 0.740. The zero-order valence-electron chi connectivity index (χ0n) is 13.1. The highest BCUT2D eigenvalue weighted by atomic mass is 16.2. The second-order valence-corrected chi connectivity index (χ2v) is 5.48. The molecule has 1 fully saturated rings. The van der Waals surface area contributed by atoms with E-state index in [1.54, 1.807) is 0 Å². The van der Waals surface area contributed by atoms with Crippen LogP contribution in [0.5, 0.6) is 0 Å². The number of rotatable bonds is 7. The Hall–Kier alpha value is -1.10. The lowest BCUT2D eigenvalue weighted by Gasteiger charge is -2.30. The molecule has 0 aromatic heterocycles. The second-order valence-electron chi connectivity index (χ2n) is 5.48. The van der Waals surface area contributed by atoms with Gasteiger partial charge in [0, 0.05) is 38.0 Å². The summed E-state index contributed by atoms with van der Waals surface area (Å²) in [5.74, 6) is 0.216. The Kier molecular flexibility index (Phi) is 7.59. The van der Waals surface area contributed by atoms with Crippen LogP contribution in [0.1, 0.15) is 52.9 Å². The van der Waals surface area contributed by atoms with Crippen molar-refractivity contribution in [3.05, 3.63) is 0 Å². The van der Waals surface area contributed by atoms with Crippen LogP contribution < -0.4 is 10.6 Å². The van der Waals surface area contributed by atoms with Gasteiger partial charge < -0.3 is 15.5 Å². The molecule has 0 aromatic rings. The molecule has 0 aromatic carbocycles. The van der Waals surface area contributed by atoms with Crippen molar-refractivity contribution in [2.45, 2.75) is 65.0 Å². The molecule has 1 aliphatic rings. The molecular formula is C15H29N3O2. The van der Waals surface area contributed by atoms with Gasteiger partial charge in [-0.3, -0.25) is 9.59 Å².